The Morgan fingerprint density at radius 1 is 1.25 bits per heavy atom. The third-order valence-electron chi connectivity index (χ3n) is 5.64. The molecule has 3 rings (SSSR count). The molecule has 0 amide bonds. The van der Waals surface area contributed by atoms with Gasteiger partial charge in [0.25, 0.3) is 0 Å². The van der Waals surface area contributed by atoms with E-state index >= 15 is 0 Å². The molecule has 2 fully saturated rings. The van der Waals surface area contributed by atoms with Crippen LogP contribution in [0.5, 0.6) is 0 Å². The van der Waals surface area contributed by atoms with Crippen molar-refractivity contribution in [1.82, 2.24) is 0 Å². The van der Waals surface area contributed by atoms with Crippen LogP contribution in [0, 0.1) is 16.7 Å². The zero-order valence-electron chi connectivity index (χ0n) is 13.3. The monoisotopic (exact) mass is 351 g/mol. The maximum atomic E-state index is 13.1. The molecule has 2 aliphatic carbocycles. The number of Topliss-reactive ketones (excluding diaryl/α,β-unsaturated/α-hetero) is 3. The van der Waals surface area contributed by atoms with Crippen LogP contribution in [0.3, 0.4) is 0 Å². The maximum absolute atomic E-state index is 13.1. The van der Waals surface area contributed by atoms with E-state index in [0.29, 0.717) is 12.8 Å². The van der Waals surface area contributed by atoms with E-state index in [1.165, 1.54) is 18.2 Å². The molecule has 128 valence electrons. The van der Waals surface area contributed by atoms with Crippen molar-refractivity contribution in [3.63, 3.8) is 0 Å². The molecule has 7 heteroatoms. The first-order valence-corrected chi connectivity index (χ1v) is 7.41. The number of hydrogen-bond donors (Lipinski definition) is 2. The van der Waals surface area contributed by atoms with Crippen LogP contribution in [0.15, 0.2) is 18.2 Å². The molecule has 1 aromatic rings. The highest BCUT2D eigenvalue weighted by Gasteiger charge is 2.72. The average molecular weight is 352 g/mol. The van der Waals surface area contributed by atoms with E-state index < -0.39 is 40.1 Å². The first-order chi connectivity index (χ1) is 10.6. The minimum atomic E-state index is -1.36. The van der Waals surface area contributed by atoms with Crippen LogP contribution in [0.4, 0.5) is 5.69 Å². The fourth-order valence-corrected chi connectivity index (χ4v) is 4.23. The quantitative estimate of drug-likeness (QED) is 0.373. The third kappa shape index (κ3) is 1.95. The molecule has 0 heterocycles. The van der Waals surface area contributed by atoms with Crippen molar-refractivity contribution in [3.8, 4) is 0 Å². The number of carbonyl (C=O) groups is 4. The van der Waals surface area contributed by atoms with Gasteiger partial charge in [-0.1, -0.05) is 19.9 Å². The lowest BCUT2D eigenvalue weighted by molar-refractivity contribution is -0.140. The largest absolute Gasteiger partial charge is 0.478 e. The summed E-state index contributed by atoms with van der Waals surface area (Å²) in [6, 6.07) is 3.89. The Hall–Kier alpha value is -2.21. The van der Waals surface area contributed by atoms with Crippen LogP contribution >= 0.6 is 12.4 Å². The molecule has 3 N–H and O–H groups in total. The van der Waals surface area contributed by atoms with Gasteiger partial charge in [0.15, 0.2) is 5.78 Å². The predicted molar refractivity (Wildman–Crippen MR) is 88.3 cm³/mol. The lowest BCUT2D eigenvalue weighted by Crippen LogP contribution is -2.44. The standard InChI is InChI=1S/C17H17NO5.ClH/c1-16(2)10-5-6-17(16,14(21)12(10)19)13(20)8-3-4-9(15(22)23)11(18)7-8;/h3-4,7,10H,5-6,18H2,1-2H3,(H,22,23);1H. The van der Waals surface area contributed by atoms with Gasteiger partial charge in [0.05, 0.1) is 5.56 Å². The second kappa shape index (κ2) is 5.41. The van der Waals surface area contributed by atoms with Crippen molar-refractivity contribution >= 4 is 41.4 Å². The molecule has 6 nitrogen and oxygen atoms in total. The van der Waals surface area contributed by atoms with Crippen molar-refractivity contribution in [2.24, 2.45) is 16.7 Å². The van der Waals surface area contributed by atoms with E-state index in [1.807, 2.05) is 0 Å². The number of nitrogen functional groups attached to an aromatic ring is 1. The number of nitrogens with two attached hydrogens (primary N) is 1. The van der Waals surface area contributed by atoms with Crippen LogP contribution in [-0.2, 0) is 9.59 Å². The minimum Gasteiger partial charge on any atom is -0.478 e. The van der Waals surface area contributed by atoms with Gasteiger partial charge in [-0.25, -0.2) is 4.79 Å². The fourth-order valence-electron chi connectivity index (χ4n) is 4.23. The first kappa shape index (κ1) is 18.1. The minimum absolute atomic E-state index is 0. The number of hydrogen-bond acceptors (Lipinski definition) is 5. The molecular weight excluding hydrogens is 334 g/mol. The van der Waals surface area contributed by atoms with Crippen molar-refractivity contribution in [3.05, 3.63) is 29.3 Å². The number of halogens is 1. The summed E-state index contributed by atoms with van der Waals surface area (Å²) in [5, 5.41) is 9.01. The van der Waals surface area contributed by atoms with Gasteiger partial charge in [0.2, 0.25) is 11.6 Å². The number of aromatic carboxylic acids is 1. The zero-order chi connectivity index (χ0) is 17.2. The number of carboxylic acid groups (broad SMARTS) is 1. The summed E-state index contributed by atoms with van der Waals surface area (Å²) in [6.45, 7) is 3.56. The molecule has 0 radical (unpaired) electrons. The Morgan fingerprint density at radius 2 is 1.88 bits per heavy atom. The van der Waals surface area contributed by atoms with E-state index in [9.17, 15) is 19.2 Å². The van der Waals surface area contributed by atoms with Crippen molar-refractivity contribution < 1.29 is 24.3 Å². The fraction of sp³-hybridized carbons (Fsp3) is 0.412. The molecule has 0 aliphatic heterocycles. The Labute approximate surface area is 144 Å². The average Bonchev–Trinajstić information content (AvgIpc) is 2.82. The van der Waals surface area contributed by atoms with Gasteiger partial charge in [-0.3, -0.25) is 14.4 Å². The number of benzene rings is 1. The number of ketones is 3. The SMILES string of the molecule is CC1(C)C2CCC1(C(=O)c1ccc(C(=O)O)c(N)c1)C(=O)C2=O.Cl. The molecule has 0 aromatic heterocycles. The third-order valence-corrected chi connectivity index (χ3v) is 5.64. The number of fused-ring (bicyclic) bond motifs is 2. The van der Waals surface area contributed by atoms with E-state index in [-0.39, 0.29) is 29.2 Å². The van der Waals surface area contributed by atoms with Gasteiger partial charge < -0.3 is 10.8 Å². The van der Waals surface area contributed by atoms with E-state index in [2.05, 4.69) is 0 Å². The number of rotatable bonds is 3. The van der Waals surface area contributed by atoms with Gasteiger partial charge in [-0.05, 0) is 30.4 Å². The van der Waals surface area contributed by atoms with E-state index in [4.69, 9.17) is 10.8 Å². The molecule has 2 bridgehead atoms. The molecule has 2 atom stereocenters. The van der Waals surface area contributed by atoms with Crippen LogP contribution < -0.4 is 5.73 Å². The van der Waals surface area contributed by atoms with E-state index in [1.54, 1.807) is 13.8 Å². The molecule has 2 saturated carbocycles. The molecule has 1 aromatic carbocycles. The highest BCUT2D eigenvalue weighted by molar-refractivity contribution is 6.48. The van der Waals surface area contributed by atoms with Crippen LogP contribution in [0.1, 0.15) is 47.4 Å². The summed E-state index contributed by atoms with van der Waals surface area (Å²) in [6.07, 6.45) is 0.862. The summed E-state index contributed by atoms with van der Waals surface area (Å²) in [7, 11) is 0. The van der Waals surface area contributed by atoms with Crippen LogP contribution in [0.25, 0.3) is 0 Å². The predicted octanol–water partition coefficient (Wildman–Crippen LogP) is 2.15. The van der Waals surface area contributed by atoms with Gasteiger partial charge in [0, 0.05) is 17.2 Å². The first-order valence-electron chi connectivity index (χ1n) is 7.41. The highest BCUT2D eigenvalue weighted by atomic mass is 35.5. The Kier molecular flexibility index (Phi) is 4.09. The maximum Gasteiger partial charge on any atom is 0.337 e. The summed E-state index contributed by atoms with van der Waals surface area (Å²) in [5.74, 6) is -3.14. The summed E-state index contributed by atoms with van der Waals surface area (Å²) in [5.41, 5.74) is 3.64. The lowest BCUT2D eigenvalue weighted by atomic mass is 9.65. The summed E-state index contributed by atoms with van der Waals surface area (Å²) < 4.78 is 0. The number of anilines is 1. The van der Waals surface area contributed by atoms with Crippen LogP contribution in [0.2, 0.25) is 0 Å². The smallest absolute Gasteiger partial charge is 0.337 e. The van der Waals surface area contributed by atoms with Gasteiger partial charge in [-0.15, -0.1) is 12.4 Å². The Balaban J connectivity index is 0.00000208. The Bertz CT molecular complexity index is 785. The number of carboxylic acids is 1. The van der Waals surface area contributed by atoms with Gasteiger partial charge in [-0.2, -0.15) is 0 Å². The van der Waals surface area contributed by atoms with Crippen LogP contribution in [-0.4, -0.2) is 28.4 Å². The van der Waals surface area contributed by atoms with E-state index in [0.717, 1.165) is 0 Å². The van der Waals surface area contributed by atoms with Crippen molar-refractivity contribution in [1.29, 1.82) is 0 Å². The van der Waals surface area contributed by atoms with Crippen molar-refractivity contribution in [2.75, 3.05) is 5.73 Å². The molecule has 24 heavy (non-hydrogen) atoms. The molecule has 2 aliphatic rings. The van der Waals surface area contributed by atoms with Gasteiger partial charge >= 0.3 is 5.97 Å². The zero-order valence-corrected chi connectivity index (χ0v) is 14.1. The topological polar surface area (TPSA) is 115 Å². The second-order valence-electron chi connectivity index (χ2n) is 6.85. The lowest BCUT2D eigenvalue weighted by Gasteiger charge is -2.34. The molecule has 2 unspecified atom stereocenters. The summed E-state index contributed by atoms with van der Waals surface area (Å²) in [4.78, 5) is 48.7. The Morgan fingerprint density at radius 3 is 2.33 bits per heavy atom. The summed E-state index contributed by atoms with van der Waals surface area (Å²) >= 11 is 0. The van der Waals surface area contributed by atoms with Crippen molar-refractivity contribution in [2.45, 2.75) is 26.7 Å². The molecular formula is C17H18ClNO5. The molecule has 0 saturated heterocycles. The van der Waals surface area contributed by atoms with Gasteiger partial charge in [0.1, 0.15) is 5.41 Å². The highest BCUT2D eigenvalue weighted by Crippen LogP contribution is 2.63. The number of carbonyl (C=O) groups excluding carboxylic acids is 3. The molecule has 0 spiro atoms. The second-order valence-corrected chi connectivity index (χ2v) is 6.85. The normalized spacial score (nSPS) is 27.0.